The summed E-state index contributed by atoms with van der Waals surface area (Å²) in [5, 5.41) is 19.1. The van der Waals surface area contributed by atoms with Crippen LogP contribution < -0.4 is 0 Å². The number of nitro groups is 1. The highest BCUT2D eigenvalue weighted by atomic mass is 16.6. The van der Waals surface area contributed by atoms with Crippen molar-refractivity contribution in [2.24, 2.45) is 0 Å². The molecule has 0 bridgehead atoms. The van der Waals surface area contributed by atoms with Gasteiger partial charge in [0.25, 0.3) is 5.69 Å². The lowest BCUT2D eigenvalue weighted by Gasteiger charge is -2.00. The van der Waals surface area contributed by atoms with Gasteiger partial charge in [-0.1, -0.05) is 0 Å². The van der Waals surface area contributed by atoms with Gasteiger partial charge < -0.3 is 9.67 Å². The van der Waals surface area contributed by atoms with Crippen LogP contribution in [-0.2, 0) is 0 Å². The second-order valence-corrected chi connectivity index (χ2v) is 3.24. The number of nitrogens with zero attached hydrogens (tertiary/aromatic N) is 3. The zero-order valence-corrected chi connectivity index (χ0v) is 8.48. The number of rotatable bonds is 3. The van der Waals surface area contributed by atoms with Crippen molar-refractivity contribution in [3.8, 4) is 5.69 Å². The second kappa shape index (κ2) is 4.05. The summed E-state index contributed by atoms with van der Waals surface area (Å²) in [6, 6.07) is 5.72. The van der Waals surface area contributed by atoms with Gasteiger partial charge in [0.2, 0.25) is 0 Å². The van der Waals surface area contributed by atoms with E-state index in [4.69, 9.17) is 5.11 Å². The molecule has 0 amide bonds. The monoisotopic (exact) mass is 233 g/mol. The summed E-state index contributed by atoms with van der Waals surface area (Å²) in [7, 11) is 0. The molecule has 0 fully saturated rings. The van der Waals surface area contributed by atoms with Gasteiger partial charge in [-0.05, 0) is 12.1 Å². The van der Waals surface area contributed by atoms with Crippen molar-refractivity contribution in [2.45, 2.75) is 0 Å². The van der Waals surface area contributed by atoms with Crippen molar-refractivity contribution in [1.29, 1.82) is 0 Å². The van der Waals surface area contributed by atoms with Gasteiger partial charge in [-0.2, -0.15) is 0 Å². The van der Waals surface area contributed by atoms with Crippen LogP contribution >= 0.6 is 0 Å². The lowest BCUT2D eigenvalue weighted by Crippen LogP contribution is -1.96. The molecule has 2 rings (SSSR count). The van der Waals surface area contributed by atoms with Crippen molar-refractivity contribution < 1.29 is 14.8 Å². The van der Waals surface area contributed by atoms with E-state index in [1.807, 2.05) is 0 Å². The molecule has 0 spiro atoms. The van der Waals surface area contributed by atoms with Gasteiger partial charge in [0.05, 0.1) is 4.92 Å². The maximum absolute atomic E-state index is 10.6. The van der Waals surface area contributed by atoms with Crippen LogP contribution in [0.5, 0.6) is 0 Å². The van der Waals surface area contributed by atoms with Crippen LogP contribution in [0, 0.1) is 10.1 Å². The quantitative estimate of drug-likeness (QED) is 0.639. The third kappa shape index (κ3) is 2.12. The Morgan fingerprint density at radius 1 is 1.35 bits per heavy atom. The Balaban J connectivity index is 2.33. The average molecular weight is 233 g/mol. The highest BCUT2D eigenvalue weighted by Crippen LogP contribution is 2.15. The Kier molecular flexibility index (Phi) is 2.57. The fraction of sp³-hybridized carbons (Fsp3) is 0. The van der Waals surface area contributed by atoms with Crippen molar-refractivity contribution in [3.05, 3.63) is 52.6 Å². The first-order valence-corrected chi connectivity index (χ1v) is 4.60. The largest absolute Gasteiger partial charge is 0.476 e. The van der Waals surface area contributed by atoms with E-state index in [9.17, 15) is 14.9 Å². The number of hydrogen-bond donors (Lipinski definition) is 1. The van der Waals surface area contributed by atoms with Crippen LogP contribution in [0.2, 0.25) is 0 Å². The van der Waals surface area contributed by atoms with Gasteiger partial charge >= 0.3 is 5.97 Å². The Morgan fingerprint density at radius 3 is 2.47 bits per heavy atom. The molecule has 1 N–H and O–H groups in total. The summed E-state index contributed by atoms with van der Waals surface area (Å²) in [5.41, 5.74) is 0.506. The molecule has 0 unspecified atom stereocenters. The van der Waals surface area contributed by atoms with Gasteiger partial charge in [0.1, 0.15) is 6.33 Å². The molecule has 1 heterocycles. The maximum atomic E-state index is 10.6. The van der Waals surface area contributed by atoms with E-state index in [2.05, 4.69) is 4.98 Å². The molecule has 0 radical (unpaired) electrons. The minimum Gasteiger partial charge on any atom is -0.476 e. The number of aromatic nitrogens is 2. The summed E-state index contributed by atoms with van der Waals surface area (Å²) in [6.45, 7) is 0. The van der Waals surface area contributed by atoms with Crippen LogP contribution in [-0.4, -0.2) is 25.6 Å². The lowest BCUT2D eigenvalue weighted by molar-refractivity contribution is -0.384. The molecule has 17 heavy (non-hydrogen) atoms. The highest BCUT2D eigenvalue weighted by Gasteiger charge is 2.09. The van der Waals surface area contributed by atoms with E-state index >= 15 is 0 Å². The molecule has 0 saturated carbocycles. The number of carboxylic acids is 1. The Labute approximate surface area is 95.1 Å². The first-order valence-electron chi connectivity index (χ1n) is 4.60. The van der Waals surface area contributed by atoms with E-state index in [1.54, 1.807) is 0 Å². The molecule has 0 saturated heterocycles. The Hall–Kier alpha value is -2.70. The number of nitro benzene ring substituents is 1. The number of imidazole rings is 1. The number of aromatic carboxylic acids is 1. The zero-order chi connectivity index (χ0) is 12.4. The molecule has 0 atom stereocenters. The molecular weight excluding hydrogens is 226 g/mol. The summed E-state index contributed by atoms with van der Waals surface area (Å²) in [6.07, 6.45) is 2.67. The van der Waals surface area contributed by atoms with Crippen molar-refractivity contribution in [2.75, 3.05) is 0 Å². The third-order valence-corrected chi connectivity index (χ3v) is 2.16. The van der Waals surface area contributed by atoms with Gasteiger partial charge in [-0.25, -0.2) is 9.78 Å². The molecule has 0 aliphatic heterocycles. The summed E-state index contributed by atoms with van der Waals surface area (Å²) in [5.74, 6) is -1.12. The number of non-ortho nitro benzene ring substituents is 1. The first-order chi connectivity index (χ1) is 8.08. The molecule has 1 aromatic heterocycles. The topological polar surface area (TPSA) is 98.3 Å². The van der Waals surface area contributed by atoms with Crippen molar-refractivity contribution in [3.63, 3.8) is 0 Å². The predicted octanol–water partition coefficient (Wildman–Crippen LogP) is 1.48. The molecule has 7 heteroatoms. The molecule has 7 nitrogen and oxygen atoms in total. The van der Waals surface area contributed by atoms with Crippen LogP contribution in [0.4, 0.5) is 5.69 Å². The van der Waals surface area contributed by atoms with E-state index in [0.717, 1.165) is 0 Å². The fourth-order valence-electron chi connectivity index (χ4n) is 1.32. The van der Waals surface area contributed by atoms with Gasteiger partial charge in [0.15, 0.2) is 5.69 Å². The molecule has 2 aromatic rings. The second-order valence-electron chi connectivity index (χ2n) is 3.24. The van der Waals surface area contributed by atoms with Gasteiger partial charge in [-0.15, -0.1) is 0 Å². The Morgan fingerprint density at radius 2 is 2.00 bits per heavy atom. The van der Waals surface area contributed by atoms with E-state index < -0.39 is 10.9 Å². The number of benzene rings is 1. The molecule has 1 aromatic carbocycles. The molecular formula is C10H7N3O4. The van der Waals surface area contributed by atoms with Gasteiger partial charge in [-0.3, -0.25) is 10.1 Å². The van der Waals surface area contributed by atoms with Crippen LogP contribution in [0.15, 0.2) is 36.8 Å². The predicted molar refractivity (Wildman–Crippen MR) is 57.2 cm³/mol. The van der Waals surface area contributed by atoms with Crippen LogP contribution in [0.3, 0.4) is 0 Å². The average Bonchev–Trinajstić information content (AvgIpc) is 2.78. The van der Waals surface area contributed by atoms with Crippen molar-refractivity contribution >= 4 is 11.7 Å². The SMILES string of the molecule is O=C(O)c1cn(-c2ccc([N+](=O)[O-])cc2)cn1. The van der Waals surface area contributed by atoms with E-state index in [1.165, 1.54) is 41.4 Å². The summed E-state index contributed by atoms with van der Waals surface area (Å²) >= 11 is 0. The number of hydrogen-bond acceptors (Lipinski definition) is 4. The minimum atomic E-state index is -1.12. The lowest BCUT2D eigenvalue weighted by atomic mass is 10.3. The minimum absolute atomic E-state index is 0.0210. The third-order valence-electron chi connectivity index (χ3n) is 2.16. The molecule has 0 aliphatic carbocycles. The van der Waals surface area contributed by atoms with E-state index in [-0.39, 0.29) is 11.4 Å². The van der Waals surface area contributed by atoms with E-state index in [0.29, 0.717) is 5.69 Å². The highest BCUT2D eigenvalue weighted by molar-refractivity contribution is 5.85. The summed E-state index contributed by atoms with van der Waals surface area (Å²) in [4.78, 5) is 24.3. The first kappa shape index (κ1) is 10.8. The summed E-state index contributed by atoms with van der Waals surface area (Å²) < 4.78 is 1.48. The van der Waals surface area contributed by atoms with Crippen molar-refractivity contribution in [1.82, 2.24) is 9.55 Å². The maximum Gasteiger partial charge on any atom is 0.356 e. The Bertz CT molecular complexity index is 573. The molecule has 86 valence electrons. The zero-order valence-electron chi connectivity index (χ0n) is 8.48. The smallest absolute Gasteiger partial charge is 0.356 e. The van der Waals surface area contributed by atoms with Crippen LogP contribution in [0.1, 0.15) is 10.5 Å². The normalized spacial score (nSPS) is 10.1. The standard InChI is InChI=1S/C10H7N3O4/c14-10(15)9-5-12(6-11-9)7-1-3-8(4-2-7)13(16)17/h1-6H,(H,14,15). The van der Waals surface area contributed by atoms with Crippen LogP contribution in [0.25, 0.3) is 5.69 Å². The number of carboxylic acid groups (broad SMARTS) is 1. The number of carbonyl (C=O) groups is 1. The van der Waals surface area contributed by atoms with Gasteiger partial charge in [0, 0.05) is 24.0 Å². The fourth-order valence-corrected chi connectivity index (χ4v) is 1.32. The molecule has 0 aliphatic rings.